The van der Waals surface area contributed by atoms with Crippen molar-refractivity contribution in [1.29, 1.82) is 5.41 Å². The summed E-state index contributed by atoms with van der Waals surface area (Å²) in [6, 6.07) is 7.01. The number of cyclic esters (lactones) is 1. The number of ether oxygens (including phenoxy) is 3. The minimum Gasteiger partial charge on any atom is -0.515 e. The quantitative estimate of drug-likeness (QED) is 0.0513. The minimum atomic E-state index is -4.83. The van der Waals surface area contributed by atoms with E-state index in [9.17, 15) is 43.6 Å². The van der Waals surface area contributed by atoms with Gasteiger partial charge in [-0.2, -0.15) is 0 Å². The van der Waals surface area contributed by atoms with Crippen molar-refractivity contribution in [3.05, 3.63) is 83.1 Å². The summed E-state index contributed by atoms with van der Waals surface area (Å²) in [5, 5.41) is 24.2. The van der Waals surface area contributed by atoms with Crippen LogP contribution in [0.1, 0.15) is 27.9 Å². The Balaban J connectivity index is 1.36. The van der Waals surface area contributed by atoms with Crippen molar-refractivity contribution in [2.75, 3.05) is 37.7 Å². The molecule has 50 heavy (non-hydrogen) atoms. The van der Waals surface area contributed by atoms with Crippen molar-refractivity contribution < 1.29 is 71.7 Å². The van der Waals surface area contributed by atoms with E-state index in [0.717, 1.165) is 23.1 Å². The molecule has 4 rings (SSSR count). The number of carbonyl (C=O) groups excluding carboxylic acids is 3. The van der Waals surface area contributed by atoms with Gasteiger partial charge in [0.05, 0.1) is 30.7 Å². The molecule has 270 valence electrons. The summed E-state index contributed by atoms with van der Waals surface area (Å²) in [7, 11) is -7.78. The molecule has 2 aromatic carbocycles. The number of nitrogens with one attached hydrogen (secondary N) is 1. The van der Waals surface area contributed by atoms with Gasteiger partial charge in [0.1, 0.15) is 23.6 Å². The SMILES string of the molecule is N=C(/C=C\O)OC[C@H]1CN(c2cc(F)c(C3=CCN(C(=O)[C@H](CO)OC(=O)c4ccc(CC(P(O)O)P(=O)(O)O)cc4)CC3)c(F)c2)C(=O)O1. The molecule has 0 bridgehead atoms. The third-order valence-electron chi connectivity index (χ3n) is 7.66. The molecule has 2 heterocycles. The van der Waals surface area contributed by atoms with Crippen molar-refractivity contribution in [1.82, 2.24) is 4.90 Å². The van der Waals surface area contributed by atoms with Crippen molar-refractivity contribution in [3.8, 4) is 0 Å². The molecule has 2 aliphatic rings. The zero-order valence-electron chi connectivity index (χ0n) is 26.0. The van der Waals surface area contributed by atoms with Crippen molar-refractivity contribution >= 4 is 51.1 Å². The highest BCUT2D eigenvalue weighted by molar-refractivity contribution is 7.68. The summed E-state index contributed by atoms with van der Waals surface area (Å²) in [4.78, 5) is 77.8. The lowest BCUT2D eigenvalue weighted by atomic mass is 9.97. The van der Waals surface area contributed by atoms with E-state index in [1.54, 1.807) is 0 Å². The fraction of sp³-hybridized carbons (Fsp3) is 0.333. The van der Waals surface area contributed by atoms with E-state index in [2.05, 4.69) is 0 Å². The average molecular weight is 744 g/mol. The molecule has 0 radical (unpaired) electrons. The van der Waals surface area contributed by atoms with Crippen LogP contribution in [0.4, 0.5) is 19.3 Å². The van der Waals surface area contributed by atoms with E-state index in [0.29, 0.717) is 6.26 Å². The highest BCUT2D eigenvalue weighted by atomic mass is 31.2. The third kappa shape index (κ3) is 9.48. The van der Waals surface area contributed by atoms with Gasteiger partial charge in [-0.25, -0.2) is 18.4 Å². The van der Waals surface area contributed by atoms with Crippen LogP contribution in [0.15, 0.2) is 54.8 Å². The number of carbonyl (C=O) groups is 3. The van der Waals surface area contributed by atoms with E-state index in [1.165, 1.54) is 35.2 Å². The topological polar surface area (TPSA) is 248 Å². The summed E-state index contributed by atoms with van der Waals surface area (Å²) in [5.41, 5.74) is -0.0434. The van der Waals surface area contributed by atoms with Gasteiger partial charge in [0.25, 0.3) is 5.91 Å². The normalized spacial score (nSPS) is 17.8. The third-order valence-corrected chi connectivity index (χ3v) is 10.9. The Bertz CT molecular complexity index is 1690. The van der Waals surface area contributed by atoms with Gasteiger partial charge in [-0.05, 0) is 48.2 Å². The summed E-state index contributed by atoms with van der Waals surface area (Å²) >= 11 is 0. The van der Waals surface area contributed by atoms with Crippen LogP contribution >= 0.6 is 16.0 Å². The molecule has 16 nitrogen and oxygen atoms in total. The van der Waals surface area contributed by atoms with Gasteiger partial charge in [0.15, 0.2) is 14.5 Å². The number of esters is 1. The number of aliphatic hydroxyl groups excluding tert-OH is 2. The molecule has 0 saturated carbocycles. The second-order valence-electron chi connectivity index (χ2n) is 11.0. The number of amides is 2. The highest BCUT2D eigenvalue weighted by Gasteiger charge is 2.37. The van der Waals surface area contributed by atoms with Crippen LogP contribution in [-0.4, -0.2) is 109 Å². The average Bonchev–Trinajstić information content (AvgIpc) is 3.44. The Morgan fingerprint density at radius 3 is 2.36 bits per heavy atom. The number of rotatable bonds is 13. The first-order valence-corrected chi connectivity index (χ1v) is 17.7. The number of aliphatic hydroxyl groups is 2. The molecular formula is C30H33F2N3O13P2. The van der Waals surface area contributed by atoms with Gasteiger partial charge in [0.2, 0.25) is 12.0 Å². The number of hydrogen-bond acceptors (Lipinski definition) is 12. The number of anilines is 1. The highest BCUT2D eigenvalue weighted by Crippen LogP contribution is 2.56. The molecule has 20 heteroatoms. The smallest absolute Gasteiger partial charge is 0.414 e. The summed E-state index contributed by atoms with van der Waals surface area (Å²) < 4.78 is 57.4. The van der Waals surface area contributed by atoms with Crippen LogP contribution in [0.5, 0.6) is 0 Å². The van der Waals surface area contributed by atoms with E-state index in [1.807, 2.05) is 0 Å². The van der Waals surface area contributed by atoms with Gasteiger partial charge >= 0.3 is 19.7 Å². The van der Waals surface area contributed by atoms with Crippen molar-refractivity contribution in [3.63, 3.8) is 0 Å². The Hall–Kier alpha value is -4.28. The lowest BCUT2D eigenvalue weighted by Crippen LogP contribution is -2.45. The number of hydrogen-bond donors (Lipinski definition) is 7. The molecule has 0 spiro atoms. The lowest BCUT2D eigenvalue weighted by molar-refractivity contribution is -0.142. The lowest BCUT2D eigenvalue weighted by Gasteiger charge is -2.29. The molecular weight excluding hydrogens is 710 g/mol. The largest absolute Gasteiger partial charge is 0.515 e. The number of nitrogens with zero attached hydrogens (tertiary/aromatic N) is 2. The number of benzene rings is 2. The minimum absolute atomic E-state index is 0.00856. The van der Waals surface area contributed by atoms with Gasteiger partial charge < -0.3 is 48.9 Å². The van der Waals surface area contributed by atoms with Gasteiger partial charge in [0, 0.05) is 24.7 Å². The summed E-state index contributed by atoms with van der Waals surface area (Å²) in [5.74, 6) is -4.12. The fourth-order valence-electron chi connectivity index (χ4n) is 5.13. The van der Waals surface area contributed by atoms with Crippen LogP contribution in [-0.2, 0) is 30.0 Å². The van der Waals surface area contributed by atoms with Crippen LogP contribution in [0.2, 0.25) is 0 Å². The zero-order valence-corrected chi connectivity index (χ0v) is 27.8. The predicted molar refractivity (Wildman–Crippen MR) is 172 cm³/mol. The molecule has 2 amide bonds. The second kappa shape index (κ2) is 16.6. The number of halogens is 2. The van der Waals surface area contributed by atoms with E-state index in [-0.39, 0.29) is 72.9 Å². The Labute approximate surface area is 284 Å². The van der Waals surface area contributed by atoms with Crippen molar-refractivity contribution in [2.45, 2.75) is 30.4 Å². The van der Waals surface area contributed by atoms with Gasteiger partial charge in [-0.1, -0.05) is 18.2 Å². The molecule has 1 unspecified atom stereocenters. The maximum atomic E-state index is 15.3. The molecule has 3 atom stereocenters. The molecule has 7 N–H and O–H groups in total. The molecule has 0 aliphatic carbocycles. The first kappa shape index (κ1) is 38.5. The Morgan fingerprint density at radius 1 is 1.16 bits per heavy atom. The van der Waals surface area contributed by atoms with Crippen LogP contribution in [0.3, 0.4) is 0 Å². The molecule has 1 saturated heterocycles. The van der Waals surface area contributed by atoms with E-state index < -0.39 is 69.8 Å². The van der Waals surface area contributed by atoms with Crippen LogP contribution in [0, 0.1) is 17.0 Å². The Morgan fingerprint density at radius 2 is 1.82 bits per heavy atom. The first-order valence-electron chi connectivity index (χ1n) is 14.7. The summed E-state index contributed by atoms with van der Waals surface area (Å²) in [6.07, 6.45) is -0.787. The maximum absolute atomic E-state index is 15.3. The predicted octanol–water partition coefficient (Wildman–Crippen LogP) is 2.53. The van der Waals surface area contributed by atoms with Gasteiger partial charge in [-0.15, -0.1) is 0 Å². The fourth-order valence-corrected chi connectivity index (χ4v) is 7.03. The summed E-state index contributed by atoms with van der Waals surface area (Å²) in [6.45, 7) is -1.42. The first-order chi connectivity index (χ1) is 23.6. The zero-order chi connectivity index (χ0) is 36.7. The molecule has 2 aromatic rings. The van der Waals surface area contributed by atoms with Gasteiger partial charge in [-0.3, -0.25) is 19.7 Å². The standard InChI is InChI=1S/C30H33F2N3O13P2/c31-22-12-20(35-14-21(47-30(35)40)16-46-25(33)7-10-36)13-23(32)27(22)18-5-8-34(9-6-18)28(38)24(15-37)48-29(39)19-3-1-17(2-4-19)11-26(49(41)42)50(43,44)45/h1-5,7,10,12-13,21,24,26,33,36-37,41-42H,6,8-9,11,14-16H2,(H2,43,44,45)/b10-7-,33-25?/t21-,24+,26?/m1/s1. The van der Waals surface area contributed by atoms with Crippen LogP contribution in [0.25, 0.3) is 5.57 Å². The molecule has 1 fully saturated rings. The van der Waals surface area contributed by atoms with Crippen molar-refractivity contribution in [2.24, 2.45) is 0 Å². The second-order valence-corrected chi connectivity index (χ2v) is 14.5. The molecule has 2 aliphatic heterocycles. The van der Waals surface area contributed by atoms with E-state index in [4.69, 9.17) is 24.7 Å². The monoisotopic (exact) mass is 743 g/mol. The van der Waals surface area contributed by atoms with E-state index >= 15 is 8.78 Å². The maximum Gasteiger partial charge on any atom is 0.414 e. The Kier molecular flexibility index (Phi) is 12.8. The molecule has 0 aromatic heterocycles. The van der Waals surface area contributed by atoms with Crippen LogP contribution < -0.4 is 4.90 Å².